The van der Waals surface area contributed by atoms with Crippen LogP contribution < -0.4 is 0 Å². The predicted molar refractivity (Wildman–Crippen MR) is 39.1 cm³/mol. The highest BCUT2D eigenvalue weighted by atomic mass is 16.7. The number of hydrogen-bond donors (Lipinski definition) is 0. The normalized spacial score (nSPS) is 11.3. The first kappa shape index (κ1) is 10.4. The van der Waals surface area contributed by atoms with Gasteiger partial charge in [-0.1, -0.05) is 0 Å². The third-order valence-electron chi connectivity index (χ3n) is 1.56. The van der Waals surface area contributed by atoms with E-state index in [1.807, 2.05) is 0 Å². The second-order valence-electron chi connectivity index (χ2n) is 2.29. The van der Waals surface area contributed by atoms with Crippen LogP contribution in [0.1, 0.15) is 13.3 Å². The fourth-order valence-corrected chi connectivity index (χ4v) is 0.562. The quantitative estimate of drug-likeness (QED) is 0.447. The minimum atomic E-state index is -0.868. The first-order valence-corrected chi connectivity index (χ1v) is 3.25. The standard InChI is InChI=1S/C7H14O4/c1-7(10-3,11-4)5-6(8)9-2/h5H2,1-4H3. The van der Waals surface area contributed by atoms with E-state index in [4.69, 9.17) is 9.47 Å². The summed E-state index contributed by atoms with van der Waals surface area (Å²) < 4.78 is 14.3. The van der Waals surface area contributed by atoms with Crippen LogP contribution >= 0.6 is 0 Å². The molecule has 0 aliphatic heterocycles. The highest BCUT2D eigenvalue weighted by Crippen LogP contribution is 2.14. The zero-order valence-corrected chi connectivity index (χ0v) is 7.34. The maximum absolute atomic E-state index is 10.8. The van der Waals surface area contributed by atoms with E-state index < -0.39 is 5.79 Å². The molecular weight excluding hydrogens is 148 g/mol. The van der Waals surface area contributed by atoms with Gasteiger partial charge in [0.25, 0.3) is 0 Å². The Hall–Kier alpha value is -0.610. The molecule has 0 radical (unpaired) electrons. The van der Waals surface area contributed by atoms with Crippen molar-refractivity contribution in [3.63, 3.8) is 0 Å². The van der Waals surface area contributed by atoms with Crippen LogP contribution in [0.25, 0.3) is 0 Å². The van der Waals surface area contributed by atoms with E-state index in [1.165, 1.54) is 21.3 Å². The van der Waals surface area contributed by atoms with Crippen molar-refractivity contribution in [3.05, 3.63) is 0 Å². The summed E-state index contributed by atoms with van der Waals surface area (Å²) in [5.74, 6) is -1.22. The molecule has 0 aromatic heterocycles. The Bertz CT molecular complexity index is 128. The number of esters is 1. The molecule has 0 amide bonds. The van der Waals surface area contributed by atoms with Gasteiger partial charge in [-0.3, -0.25) is 4.79 Å². The van der Waals surface area contributed by atoms with Crippen LogP contribution in [0.15, 0.2) is 0 Å². The zero-order valence-electron chi connectivity index (χ0n) is 7.34. The molecule has 0 heterocycles. The number of rotatable bonds is 4. The van der Waals surface area contributed by atoms with Gasteiger partial charge in [0.1, 0.15) is 0 Å². The molecule has 4 nitrogen and oxygen atoms in total. The van der Waals surface area contributed by atoms with Crippen LogP contribution in [-0.2, 0) is 19.0 Å². The predicted octanol–water partition coefficient (Wildman–Crippen LogP) is 0.558. The van der Waals surface area contributed by atoms with Crippen LogP contribution in [0.3, 0.4) is 0 Å². The van der Waals surface area contributed by atoms with Crippen molar-refractivity contribution < 1.29 is 19.0 Å². The van der Waals surface area contributed by atoms with E-state index in [2.05, 4.69) is 4.74 Å². The van der Waals surface area contributed by atoms with Crippen molar-refractivity contribution in [1.82, 2.24) is 0 Å². The van der Waals surface area contributed by atoms with Crippen LogP contribution in [0.4, 0.5) is 0 Å². The fourth-order valence-electron chi connectivity index (χ4n) is 0.562. The maximum Gasteiger partial charge on any atom is 0.310 e. The second kappa shape index (κ2) is 4.31. The molecule has 0 fully saturated rings. The molecule has 4 heteroatoms. The maximum atomic E-state index is 10.8. The molecule has 66 valence electrons. The Morgan fingerprint density at radius 3 is 2.00 bits per heavy atom. The first-order chi connectivity index (χ1) is 5.08. The molecule has 0 N–H and O–H groups in total. The number of hydrogen-bond acceptors (Lipinski definition) is 4. The monoisotopic (exact) mass is 162 g/mol. The van der Waals surface area contributed by atoms with Crippen LogP contribution in [0.5, 0.6) is 0 Å². The van der Waals surface area contributed by atoms with E-state index >= 15 is 0 Å². The SMILES string of the molecule is COC(=O)CC(C)(OC)OC. The van der Waals surface area contributed by atoms with Crippen molar-refractivity contribution in [1.29, 1.82) is 0 Å². The highest BCUT2D eigenvalue weighted by molar-refractivity contribution is 5.70. The molecule has 0 aromatic carbocycles. The van der Waals surface area contributed by atoms with Gasteiger partial charge in [0.2, 0.25) is 0 Å². The summed E-state index contributed by atoms with van der Waals surface area (Å²) >= 11 is 0. The molecule has 0 bridgehead atoms. The Kier molecular flexibility index (Phi) is 4.07. The lowest BCUT2D eigenvalue weighted by Gasteiger charge is -2.24. The molecule has 11 heavy (non-hydrogen) atoms. The van der Waals surface area contributed by atoms with Gasteiger partial charge in [-0.25, -0.2) is 0 Å². The van der Waals surface area contributed by atoms with Gasteiger partial charge in [-0.2, -0.15) is 0 Å². The minimum Gasteiger partial charge on any atom is -0.469 e. The van der Waals surface area contributed by atoms with Crippen molar-refractivity contribution in [2.75, 3.05) is 21.3 Å². The van der Waals surface area contributed by atoms with Gasteiger partial charge in [-0.05, 0) is 6.92 Å². The van der Waals surface area contributed by atoms with Gasteiger partial charge in [0, 0.05) is 14.2 Å². The Morgan fingerprint density at radius 1 is 1.27 bits per heavy atom. The lowest BCUT2D eigenvalue weighted by atomic mass is 10.2. The van der Waals surface area contributed by atoms with Crippen molar-refractivity contribution in [2.24, 2.45) is 0 Å². The number of methoxy groups -OCH3 is 3. The topological polar surface area (TPSA) is 44.8 Å². The van der Waals surface area contributed by atoms with E-state index in [9.17, 15) is 4.79 Å². The van der Waals surface area contributed by atoms with Crippen LogP contribution in [-0.4, -0.2) is 33.1 Å². The number of carbonyl (C=O) groups is 1. The molecular formula is C7H14O4. The third-order valence-corrected chi connectivity index (χ3v) is 1.56. The molecule has 0 unspecified atom stereocenters. The van der Waals surface area contributed by atoms with E-state index in [-0.39, 0.29) is 12.4 Å². The van der Waals surface area contributed by atoms with E-state index in [0.29, 0.717) is 0 Å². The summed E-state index contributed by atoms with van der Waals surface area (Å²) in [4.78, 5) is 10.8. The first-order valence-electron chi connectivity index (χ1n) is 3.25. The third kappa shape index (κ3) is 3.34. The average molecular weight is 162 g/mol. The van der Waals surface area contributed by atoms with Crippen LogP contribution in [0, 0.1) is 0 Å². The Balaban J connectivity index is 3.96. The molecule has 0 atom stereocenters. The zero-order chi connectivity index (χ0) is 8.91. The summed E-state index contributed by atoms with van der Waals surface area (Å²) in [6.07, 6.45) is 0.0938. The molecule has 0 aromatic rings. The van der Waals surface area contributed by atoms with Crippen molar-refractivity contribution >= 4 is 5.97 Å². The van der Waals surface area contributed by atoms with Gasteiger partial charge < -0.3 is 14.2 Å². The van der Waals surface area contributed by atoms with Crippen molar-refractivity contribution in [2.45, 2.75) is 19.1 Å². The Labute approximate surface area is 66.4 Å². The molecule has 0 spiro atoms. The lowest BCUT2D eigenvalue weighted by Crippen LogP contribution is -2.32. The van der Waals surface area contributed by atoms with Crippen LogP contribution in [0.2, 0.25) is 0 Å². The second-order valence-corrected chi connectivity index (χ2v) is 2.29. The summed E-state index contributed by atoms with van der Waals surface area (Å²) in [6.45, 7) is 1.67. The molecule has 0 rings (SSSR count). The summed E-state index contributed by atoms with van der Waals surface area (Å²) in [7, 11) is 4.28. The number of carbonyl (C=O) groups excluding carboxylic acids is 1. The summed E-state index contributed by atoms with van der Waals surface area (Å²) in [5, 5.41) is 0. The Morgan fingerprint density at radius 2 is 1.73 bits per heavy atom. The number of ether oxygens (including phenoxy) is 3. The molecule has 0 aliphatic rings. The van der Waals surface area contributed by atoms with E-state index in [1.54, 1.807) is 6.92 Å². The van der Waals surface area contributed by atoms with Gasteiger partial charge >= 0.3 is 5.97 Å². The van der Waals surface area contributed by atoms with Gasteiger partial charge in [-0.15, -0.1) is 0 Å². The molecule has 0 aliphatic carbocycles. The summed E-state index contributed by atoms with van der Waals surface area (Å²) in [6, 6.07) is 0. The minimum absolute atomic E-state index is 0.0938. The molecule has 0 saturated carbocycles. The van der Waals surface area contributed by atoms with Gasteiger partial charge in [0.05, 0.1) is 13.5 Å². The largest absolute Gasteiger partial charge is 0.469 e. The average Bonchev–Trinajstić information content (AvgIpc) is 2.04. The summed E-state index contributed by atoms with van der Waals surface area (Å²) in [5.41, 5.74) is 0. The smallest absolute Gasteiger partial charge is 0.310 e. The fraction of sp³-hybridized carbons (Fsp3) is 0.857. The van der Waals surface area contributed by atoms with E-state index in [0.717, 1.165) is 0 Å². The van der Waals surface area contributed by atoms with Gasteiger partial charge in [0.15, 0.2) is 5.79 Å². The molecule has 0 saturated heterocycles. The van der Waals surface area contributed by atoms with Crippen molar-refractivity contribution in [3.8, 4) is 0 Å². The lowest BCUT2D eigenvalue weighted by molar-refractivity contribution is -0.204. The highest BCUT2D eigenvalue weighted by Gasteiger charge is 2.26.